The van der Waals surface area contributed by atoms with Crippen LogP contribution >= 0.6 is 0 Å². The number of ether oxygens (including phenoxy) is 1. The summed E-state index contributed by atoms with van der Waals surface area (Å²) in [6, 6.07) is 6.72. The number of aromatic nitrogens is 1. The van der Waals surface area contributed by atoms with Gasteiger partial charge in [-0.25, -0.2) is 8.42 Å². The van der Waals surface area contributed by atoms with E-state index in [1.54, 1.807) is 31.2 Å². The second kappa shape index (κ2) is 7.55. The molecular formula is C17H23N3O4S. The highest BCUT2D eigenvalue weighted by molar-refractivity contribution is 7.91. The molecule has 25 heavy (non-hydrogen) atoms. The van der Waals surface area contributed by atoms with Crippen LogP contribution in [0.1, 0.15) is 11.5 Å². The van der Waals surface area contributed by atoms with Crippen molar-refractivity contribution in [3.8, 4) is 0 Å². The number of oxazole rings is 1. The van der Waals surface area contributed by atoms with Gasteiger partial charge in [0, 0.05) is 33.1 Å². The molecule has 0 radical (unpaired) electrons. The normalized spacial score (nSPS) is 16.1. The van der Waals surface area contributed by atoms with Gasteiger partial charge in [-0.3, -0.25) is 4.90 Å². The minimum atomic E-state index is -3.72. The Bertz CT molecular complexity index is 809. The van der Waals surface area contributed by atoms with E-state index < -0.39 is 9.84 Å². The lowest BCUT2D eigenvalue weighted by Gasteiger charge is -2.26. The highest BCUT2D eigenvalue weighted by atomic mass is 32.2. The quantitative estimate of drug-likeness (QED) is 0.836. The second-order valence-corrected chi connectivity index (χ2v) is 7.93. The molecule has 8 heteroatoms. The van der Waals surface area contributed by atoms with Gasteiger partial charge in [0.25, 0.3) is 0 Å². The summed E-state index contributed by atoms with van der Waals surface area (Å²) in [5, 5.41) is 3.02. The number of anilines is 1. The summed E-state index contributed by atoms with van der Waals surface area (Å²) in [4.78, 5) is 6.56. The molecule has 7 nitrogen and oxygen atoms in total. The smallest absolute Gasteiger partial charge is 0.233 e. The standard InChI is InChI=1S/C17H23N3O4S/c1-13-3-5-15(6-4-13)25(21,22)17-16(24-14(2)19-17)18-7-8-20-9-11-23-12-10-20/h3-6,18H,7-12H2,1-2H3. The van der Waals surface area contributed by atoms with Crippen LogP contribution in [-0.2, 0) is 14.6 Å². The monoisotopic (exact) mass is 365 g/mol. The molecule has 0 amide bonds. The average molecular weight is 365 g/mol. The minimum absolute atomic E-state index is 0.0594. The van der Waals surface area contributed by atoms with E-state index >= 15 is 0 Å². The molecule has 1 aliphatic rings. The van der Waals surface area contributed by atoms with Gasteiger partial charge in [0.2, 0.25) is 20.7 Å². The molecule has 2 heterocycles. The third kappa shape index (κ3) is 4.20. The van der Waals surface area contributed by atoms with Crippen molar-refractivity contribution in [3.63, 3.8) is 0 Å². The molecule has 0 atom stereocenters. The molecule has 2 aromatic rings. The summed E-state index contributed by atoms with van der Waals surface area (Å²) >= 11 is 0. The molecule has 0 aliphatic carbocycles. The number of hydrogen-bond acceptors (Lipinski definition) is 7. The Morgan fingerprint density at radius 1 is 1.16 bits per heavy atom. The van der Waals surface area contributed by atoms with Gasteiger partial charge in [-0.1, -0.05) is 17.7 Å². The van der Waals surface area contributed by atoms with Gasteiger partial charge < -0.3 is 14.5 Å². The fraction of sp³-hybridized carbons (Fsp3) is 0.471. The summed E-state index contributed by atoms with van der Waals surface area (Å²) in [5.41, 5.74) is 0.999. The Morgan fingerprint density at radius 3 is 2.52 bits per heavy atom. The molecule has 0 bridgehead atoms. The van der Waals surface area contributed by atoms with Gasteiger partial charge in [0.1, 0.15) is 0 Å². The first-order valence-electron chi connectivity index (χ1n) is 8.30. The number of morpholine rings is 1. The Labute approximate surface area is 147 Å². The summed E-state index contributed by atoms with van der Waals surface area (Å²) in [7, 11) is -3.72. The van der Waals surface area contributed by atoms with Crippen molar-refractivity contribution in [2.24, 2.45) is 0 Å². The van der Waals surface area contributed by atoms with Crippen molar-refractivity contribution in [1.29, 1.82) is 0 Å². The Morgan fingerprint density at radius 2 is 1.84 bits per heavy atom. The largest absolute Gasteiger partial charge is 0.424 e. The van der Waals surface area contributed by atoms with Crippen molar-refractivity contribution in [3.05, 3.63) is 35.7 Å². The Balaban J connectivity index is 1.74. The zero-order valence-electron chi connectivity index (χ0n) is 14.5. The number of sulfone groups is 1. The molecule has 1 aromatic carbocycles. The molecule has 1 aliphatic heterocycles. The van der Waals surface area contributed by atoms with E-state index in [2.05, 4.69) is 15.2 Å². The maximum atomic E-state index is 12.9. The minimum Gasteiger partial charge on any atom is -0.424 e. The summed E-state index contributed by atoms with van der Waals surface area (Å²) in [6.45, 7) is 8.13. The SMILES string of the molecule is Cc1ccc(S(=O)(=O)c2nc(C)oc2NCCN2CCOCC2)cc1. The number of rotatable bonds is 6. The lowest BCUT2D eigenvalue weighted by molar-refractivity contribution is 0.0398. The first-order valence-corrected chi connectivity index (χ1v) is 9.78. The zero-order valence-corrected chi connectivity index (χ0v) is 15.3. The van der Waals surface area contributed by atoms with E-state index in [9.17, 15) is 8.42 Å². The highest BCUT2D eigenvalue weighted by Crippen LogP contribution is 2.28. The van der Waals surface area contributed by atoms with E-state index in [-0.39, 0.29) is 15.8 Å². The van der Waals surface area contributed by atoms with Gasteiger partial charge in [-0.05, 0) is 19.1 Å². The van der Waals surface area contributed by atoms with E-state index in [0.29, 0.717) is 12.4 Å². The van der Waals surface area contributed by atoms with Crippen molar-refractivity contribution in [2.75, 3.05) is 44.7 Å². The van der Waals surface area contributed by atoms with E-state index in [4.69, 9.17) is 9.15 Å². The first-order chi connectivity index (χ1) is 12.0. The van der Waals surface area contributed by atoms with Crippen LogP contribution in [0.2, 0.25) is 0 Å². The van der Waals surface area contributed by atoms with E-state index in [1.165, 1.54) is 0 Å². The van der Waals surface area contributed by atoms with E-state index in [1.807, 2.05) is 6.92 Å². The van der Waals surface area contributed by atoms with Crippen LogP contribution in [0.3, 0.4) is 0 Å². The van der Waals surface area contributed by atoms with E-state index in [0.717, 1.165) is 38.4 Å². The van der Waals surface area contributed by atoms with Crippen molar-refractivity contribution in [1.82, 2.24) is 9.88 Å². The van der Waals surface area contributed by atoms with Gasteiger partial charge in [0.15, 0.2) is 5.89 Å². The lowest BCUT2D eigenvalue weighted by atomic mass is 10.2. The maximum Gasteiger partial charge on any atom is 0.233 e. The molecule has 3 rings (SSSR count). The molecule has 0 spiro atoms. The third-order valence-electron chi connectivity index (χ3n) is 4.11. The molecule has 136 valence electrons. The predicted molar refractivity (Wildman–Crippen MR) is 93.6 cm³/mol. The number of nitrogens with one attached hydrogen (secondary N) is 1. The van der Waals surface area contributed by atoms with Crippen LogP contribution in [0.15, 0.2) is 38.6 Å². The first kappa shape index (κ1) is 17.9. The third-order valence-corrected chi connectivity index (χ3v) is 5.78. The summed E-state index contributed by atoms with van der Waals surface area (Å²) < 4.78 is 36.5. The fourth-order valence-corrected chi connectivity index (χ4v) is 4.01. The topological polar surface area (TPSA) is 84.7 Å². The maximum absolute atomic E-state index is 12.9. The van der Waals surface area contributed by atoms with Gasteiger partial charge >= 0.3 is 0 Å². The van der Waals surface area contributed by atoms with Crippen LogP contribution in [0, 0.1) is 13.8 Å². The van der Waals surface area contributed by atoms with Crippen LogP contribution in [0.25, 0.3) is 0 Å². The van der Waals surface area contributed by atoms with Crippen molar-refractivity contribution < 1.29 is 17.6 Å². The van der Waals surface area contributed by atoms with Gasteiger partial charge in [-0.15, -0.1) is 0 Å². The van der Waals surface area contributed by atoms with Crippen LogP contribution < -0.4 is 5.32 Å². The Hall–Kier alpha value is -1.90. The second-order valence-electron chi connectivity index (χ2n) is 6.06. The van der Waals surface area contributed by atoms with Crippen LogP contribution in [-0.4, -0.2) is 57.7 Å². The number of nitrogens with zero attached hydrogens (tertiary/aromatic N) is 2. The zero-order chi connectivity index (χ0) is 17.9. The molecule has 0 unspecified atom stereocenters. The number of aryl methyl sites for hydroxylation is 2. The molecule has 1 fully saturated rings. The predicted octanol–water partition coefficient (Wildman–Crippen LogP) is 1.87. The fourth-order valence-electron chi connectivity index (χ4n) is 2.68. The van der Waals surface area contributed by atoms with Gasteiger partial charge in [0.05, 0.1) is 18.1 Å². The average Bonchev–Trinajstić information content (AvgIpc) is 2.98. The van der Waals surface area contributed by atoms with Crippen LogP contribution in [0.5, 0.6) is 0 Å². The highest BCUT2D eigenvalue weighted by Gasteiger charge is 2.27. The van der Waals surface area contributed by atoms with Gasteiger partial charge in [-0.2, -0.15) is 4.98 Å². The summed E-state index contributed by atoms with van der Waals surface area (Å²) in [5.74, 6) is 0.519. The number of hydrogen-bond donors (Lipinski definition) is 1. The lowest BCUT2D eigenvalue weighted by Crippen LogP contribution is -2.39. The van der Waals surface area contributed by atoms with Crippen molar-refractivity contribution >= 4 is 15.7 Å². The summed E-state index contributed by atoms with van der Waals surface area (Å²) in [6.07, 6.45) is 0. The molecule has 1 saturated heterocycles. The van der Waals surface area contributed by atoms with Crippen LogP contribution in [0.4, 0.5) is 5.88 Å². The molecule has 0 saturated carbocycles. The molecular weight excluding hydrogens is 342 g/mol. The molecule has 1 aromatic heterocycles. The number of benzene rings is 1. The van der Waals surface area contributed by atoms with Crippen molar-refractivity contribution in [2.45, 2.75) is 23.8 Å². The Kier molecular flexibility index (Phi) is 5.41. The molecule has 1 N–H and O–H groups in total.